The summed E-state index contributed by atoms with van der Waals surface area (Å²) in [6.07, 6.45) is 1.43. The number of rotatable bonds is 8. The Morgan fingerprint density at radius 2 is 2.00 bits per heavy atom. The molecule has 0 aliphatic rings. The van der Waals surface area contributed by atoms with E-state index in [9.17, 15) is 0 Å². The van der Waals surface area contributed by atoms with Crippen molar-refractivity contribution >= 4 is 5.69 Å². The zero-order valence-corrected chi connectivity index (χ0v) is 11.1. The Bertz CT molecular complexity index is 290. The highest BCUT2D eigenvalue weighted by Crippen LogP contribution is 2.10. The minimum atomic E-state index is 0.293. The van der Waals surface area contributed by atoms with E-state index in [1.54, 1.807) is 7.11 Å². The lowest BCUT2D eigenvalue weighted by Gasteiger charge is -2.19. The quantitative estimate of drug-likeness (QED) is 0.700. The highest BCUT2D eigenvalue weighted by atomic mass is 16.5. The number of nitrogens with zero attached hydrogens (tertiary/aromatic N) is 1. The fourth-order valence-electron chi connectivity index (χ4n) is 1.64. The van der Waals surface area contributed by atoms with Crippen molar-refractivity contribution in [3.63, 3.8) is 0 Å². The molecule has 17 heavy (non-hydrogen) atoms. The molecule has 0 saturated heterocycles. The molecule has 3 nitrogen and oxygen atoms in total. The van der Waals surface area contributed by atoms with E-state index in [1.165, 1.54) is 5.69 Å². The van der Waals surface area contributed by atoms with Gasteiger partial charge in [0.25, 0.3) is 0 Å². The van der Waals surface area contributed by atoms with Crippen LogP contribution in [0.25, 0.3) is 0 Å². The van der Waals surface area contributed by atoms with Crippen molar-refractivity contribution in [2.75, 3.05) is 38.7 Å². The molecule has 1 atom stereocenters. The van der Waals surface area contributed by atoms with Gasteiger partial charge in [0.05, 0.1) is 6.10 Å². The SMILES string of the molecule is COC(C)CNCCCN(C)c1ccccc1. The normalized spacial score (nSPS) is 12.4. The first-order valence-electron chi connectivity index (χ1n) is 6.23. The molecule has 1 aromatic carbocycles. The van der Waals surface area contributed by atoms with E-state index in [0.717, 1.165) is 26.1 Å². The molecular weight excluding hydrogens is 212 g/mol. The molecule has 0 fully saturated rings. The molecule has 0 bridgehead atoms. The highest BCUT2D eigenvalue weighted by molar-refractivity contribution is 5.44. The van der Waals surface area contributed by atoms with Crippen LogP contribution in [0.5, 0.6) is 0 Å². The summed E-state index contributed by atoms with van der Waals surface area (Å²) in [5, 5.41) is 3.39. The molecule has 0 aliphatic carbocycles. The Morgan fingerprint density at radius 1 is 1.29 bits per heavy atom. The highest BCUT2D eigenvalue weighted by Gasteiger charge is 2.00. The van der Waals surface area contributed by atoms with Crippen LogP contribution in [0, 0.1) is 0 Å². The van der Waals surface area contributed by atoms with Crippen molar-refractivity contribution in [1.82, 2.24) is 5.32 Å². The second-order valence-electron chi connectivity index (χ2n) is 4.36. The third-order valence-electron chi connectivity index (χ3n) is 2.88. The average Bonchev–Trinajstić information content (AvgIpc) is 2.38. The molecule has 1 rings (SSSR count). The number of nitrogens with one attached hydrogen (secondary N) is 1. The van der Waals surface area contributed by atoms with E-state index in [2.05, 4.69) is 48.5 Å². The summed E-state index contributed by atoms with van der Waals surface area (Å²) in [5.74, 6) is 0. The maximum absolute atomic E-state index is 5.17. The molecule has 0 spiro atoms. The van der Waals surface area contributed by atoms with Crippen molar-refractivity contribution in [1.29, 1.82) is 0 Å². The van der Waals surface area contributed by atoms with Crippen molar-refractivity contribution in [2.45, 2.75) is 19.4 Å². The lowest BCUT2D eigenvalue weighted by Crippen LogP contribution is -2.29. The van der Waals surface area contributed by atoms with Gasteiger partial charge in [-0.25, -0.2) is 0 Å². The van der Waals surface area contributed by atoms with Crippen molar-refractivity contribution < 1.29 is 4.74 Å². The molecule has 0 aromatic heterocycles. The van der Waals surface area contributed by atoms with Gasteiger partial charge in [-0.15, -0.1) is 0 Å². The second-order valence-corrected chi connectivity index (χ2v) is 4.36. The zero-order valence-electron chi connectivity index (χ0n) is 11.1. The number of methoxy groups -OCH3 is 1. The van der Waals surface area contributed by atoms with Gasteiger partial charge >= 0.3 is 0 Å². The van der Waals surface area contributed by atoms with Crippen molar-refractivity contribution in [3.8, 4) is 0 Å². The topological polar surface area (TPSA) is 24.5 Å². The number of anilines is 1. The van der Waals surface area contributed by atoms with E-state index >= 15 is 0 Å². The van der Waals surface area contributed by atoms with Gasteiger partial charge in [0, 0.05) is 32.9 Å². The van der Waals surface area contributed by atoms with Crippen LogP contribution >= 0.6 is 0 Å². The zero-order chi connectivity index (χ0) is 12.5. The Hall–Kier alpha value is -1.06. The number of para-hydroxylation sites is 1. The van der Waals surface area contributed by atoms with E-state index in [-0.39, 0.29) is 0 Å². The molecule has 0 heterocycles. The van der Waals surface area contributed by atoms with E-state index in [1.807, 2.05) is 6.07 Å². The number of hydrogen-bond acceptors (Lipinski definition) is 3. The first-order chi connectivity index (χ1) is 8.24. The number of ether oxygens (including phenoxy) is 1. The third-order valence-corrected chi connectivity index (χ3v) is 2.88. The summed E-state index contributed by atoms with van der Waals surface area (Å²) in [4.78, 5) is 2.28. The third kappa shape index (κ3) is 5.71. The first-order valence-corrected chi connectivity index (χ1v) is 6.23. The molecule has 1 aromatic rings. The summed E-state index contributed by atoms with van der Waals surface area (Å²) < 4.78 is 5.17. The lowest BCUT2D eigenvalue weighted by molar-refractivity contribution is 0.117. The Labute approximate surface area is 105 Å². The van der Waals surface area contributed by atoms with Gasteiger partial charge in [0.15, 0.2) is 0 Å². The number of benzene rings is 1. The fraction of sp³-hybridized carbons (Fsp3) is 0.571. The van der Waals surface area contributed by atoms with Gasteiger partial charge in [0.2, 0.25) is 0 Å². The van der Waals surface area contributed by atoms with E-state index < -0.39 is 0 Å². The molecular formula is C14H24N2O. The summed E-state index contributed by atoms with van der Waals surface area (Å²) in [6, 6.07) is 10.5. The largest absolute Gasteiger partial charge is 0.380 e. The van der Waals surface area contributed by atoms with Crippen LogP contribution in [-0.4, -0.2) is 39.9 Å². The Morgan fingerprint density at radius 3 is 2.65 bits per heavy atom. The minimum absolute atomic E-state index is 0.293. The fourth-order valence-corrected chi connectivity index (χ4v) is 1.64. The van der Waals surface area contributed by atoms with Crippen LogP contribution in [0.1, 0.15) is 13.3 Å². The number of hydrogen-bond donors (Lipinski definition) is 1. The predicted molar refractivity (Wildman–Crippen MR) is 73.7 cm³/mol. The molecule has 0 radical (unpaired) electrons. The monoisotopic (exact) mass is 236 g/mol. The standard InChI is InChI=1S/C14H24N2O/c1-13(17-3)12-15-10-7-11-16(2)14-8-5-4-6-9-14/h4-6,8-9,13,15H,7,10-12H2,1-3H3. The first kappa shape index (κ1) is 14.0. The molecule has 1 unspecified atom stereocenters. The second kappa shape index (κ2) is 8.09. The van der Waals surface area contributed by atoms with Gasteiger partial charge in [-0.3, -0.25) is 0 Å². The molecule has 96 valence electrons. The van der Waals surface area contributed by atoms with Gasteiger partial charge in [-0.2, -0.15) is 0 Å². The summed E-state index contributed by atoms with van der Waals surface area (Å²) >= 11 is 0. The molecule has 1 N–H and O–H groups in total. The van der Waals surface area contributed by atoms with Crippen LogP contribution in [0.4, 0.5) is 5.69 Å². The molecule has 0 saturated carbocycles. The summed E-state index contributed by atoms with van der Waals surface area (Å²) in [5.41, 5.74) is 1.28. The average molecular weight is 236 g/mol. The van der Waals surface area contributed by atoms with Gasteiger partial charge in [-0.1, -0.05) is 18.2 Å². The maximum Gasteiger partial charge on any atom is 0.0667 e. The molecule has 0 aliphatic heterocycles. The van der Waals surface area contributed by atoms with Crippen molar-refractivity contribution in [3.05, 3.63) is 30.3 Å². The molecule has 0 amide bonds. The van der Waals surface area contributed by atoms with E-state index in [4.69, 9.17) is 4.74 Å². The van der Waals surface area contributed by atoms with Crippen LogP contribution < -0.4 is 10.2 Å². The lowest BCUT2D eigenvalue weighted by atomic mass is 10.3. The van der Waals surface area contributed by atoms with Gasteiger partial charge < -0.3 is 15.0 Å². The van der Waals surface area contributed by atoms with Gasteiger partial charge in [0.1, 0.15) is 0 Å². The Balaban J connectivity index is 2.11. The minimum Gasteiger partial charge on any atom is -0.380 e. The van der Waals surface area contributed by atoms with Gasteiger partial charge in [-0.05, 0) is 32.0 Å². The van der Waals surface area contributed by atoms with E-state index in [0.29, 0.717) is 6.10 Å². The summed E-state index contributed by atoms with van der Waals surface area (Å²) in [6.45, 7) is 5.10. The van der Waals surface area contributed by atoms with Crippen LogP contribution in [-0.2, 0) is 4.74 Å². The maximum atomic E-state index is 5.17. The Kier molecular flexibility index (Phi) is 6.67. The smallest absolute Gasteiger partial charge is 0.0667 e. The van der Waals surface area contributed by atoms with Crippen LogP contribution in [0.2, 0.25) is 0 Å². The molecule has 3 heteroatoms. The predicted octanol–water partition coefficient (Wildman–Crippen LogP) is 2.14. The van der Waals surface area contributed by atoms with Crippen molar-refractivity contribution in [2.24, 2.45) is 0 Å². The summed E-state index contributed by atoms with van der Waals surface area (Å²) in [7, 11) is 3.88. The van der Waals surface area contributed by atoms with Crippen LogP contribution in [0.15, 0.2) is 30.3 Å². The van der Waals surface area contributed by atoms with Crippen LogP contribution in [0.3, 0.4) is 0 Å².